The third kappa shape index (κ3) is 2.63. The smallest absolute Gasteiger partial charge is 0.254 e. The molecule has 1 atom stereocenters. The van der Waals surface area contributed by atoms with Crippen LogP contribution >= 0.6 is 11.3 Å². The molecule has 0 saturated carbocycles. The number of hydrogen-bond acceptors (Lipinski definition) is 3. The Morgan fingerprint density at radius 2 is 1.96 bits per heavy atom. The van der Waals surface area contributed by atoms with Gasteiger partial charge in [-0.05, 0) is 36.9 Å². The van der Waals surface area contributed by atoms with Gasteiger partial charge in [-0.25, -0.2) is 0 Å². The molecule has 2 saturated heterocycles. The van der Waals surface area contributed by atoms with Crippen molar-refractivity contribution in [2.75, 3.05) is 24.5 Å². The van der Waals surface area contributed by atoms with Gasteiger partial charge >= 0.3 is 0 Å². The van der Waals surface area contributed by atoms with Crippen LogP contribution in [-0.2, 0) is 4.79 Å². The summed E-state index contributed by atoms with van der Waals surface area (Å²) in [6.07, 6.45) is 1.44. The summed E-state index contributed by atoms with van der Waals surface area (Å²) in [6.45, 7) is 4.17. The van der Waals surface area contributed by atoms with E-state index in [2.05, 4.69) is 0 Å². The summed E-state index contributed by atoms with van der Waals surface area (Å²) in [5.74, 6) is 0.262. The minimum Gasteiger partial charge on any atom is -0.338 e. The SMILES string of the molecule is Cc1ccc(N2C[C@]3(CCN(C(=O)c4ccsc4)C3)CC2=O)cc1. The maximum atomic E-state index is 12.6. The van der Waals surface area contributed by atoms with Crippen LogP contribution in [0.1, 0.15) is 28.8 Å². The number of carbonyl (C=O) groups excluding carboxylic acids is 2. The van der Waals surface area contributed by atoms with Gasteiger partial charge in [-0.2, -0.15) is 11.3 Å². The molecule has 0 radical (unpaired) electrons. The first-order chi connectivity index (χ1) is 11.6. The molecule has 5 heteroatoms. The van der Waals surface area contributed by atoms with Crippen molar-refractivity contribution >= 4 is 28.8 Å². The molecule has 1 aromatic heterocycles. The molecule has 2 amide bonds. The molecule has 0 N–H and O–H groups in total. The maximum absolute atomic E-state index is 12.6. The minimum atomic E-state index is -0.0896. The molecule has 0 aliphatic carbocycles. The molecule has 0 bridgehead atoms. The zero-order valence-corrected chi connectivity index (χ0v) is 14.5. The molecule has 24 heavy (non-hydrogen) atoms. The van der Waals surface area contributed by atoms with Gasteiger partial charge in [0.2, 0.25) is 5.91 Å². The molecule has 4 nitrogen and oxygen atoms in total. The standard InChI is InChI=1S/C19H20N2O2S/c1-14-2-4-16(5-3-14)21-13-19(10-17(21)22)7-8-20(12-19)18(23)15-6-9-24-11-15/h2-6,9,11H,7-8,10,12-13H2,1H3/t19-/m1/s1. The van der Waals surface area contributed by atoms with Gasteiger partial charge in [-0.1, -0.05) is 17.7 Å². The predicted octanol–water partition coefficient (Wildman–Crippen LogP) is 3.33. The number of anilines is 1. The fraction of sp³-hybridized carbons (Fsp3) is 0.368. The van der Waals surface area contributed by atoms with Crippen LogP contribution in [-0.4, -0.2) is 36.3 Å². The predicted molar refractivity (Wildman–Crippen MR) is 95.4 cm³/mol. The molecule has 1 aromatic carbocycles. The second-order valence-corrected chi connectivity index (χ2v) is 7.76. The van der Waals surface area contributed by atoms with Crippen molar-refractivity contribution in [3.8, 4) is 0 Å². The van der Waals surface area contributed by atoms with Gasteiger partial charge in [0.05, 0.1) is 5.56 Å². The number of likely N-dealkylation sites (tertiary alicyclic amines) is 1. The van der Waals surface area contributed by atoms with Crippen LogP contribution in [0.25, 0.3) is 0 Å². The van der Waals surface area contributed by atoms with Crippen LogP contribution in [0, 0.1) is 12.3 Å². The number of thiophene rings is 1. The van der Waals surface area contributed by atoms with E-state index in [-0.39, 0.29) is 17.2 Å². The zero-order valence-electron chi connectivity index (χ0n) is 13.7. The van der Waals surface area contributed by atoms with E-state index >= 15 is 0 Å². The Morgan fingerprint density at radius 3 is 2.67 bits per heavy atom. The van der Waals surface area contributed by atoms with Crippen LogP contribution in [0.5, 0.6) is 0 Å². The third-order valence-corrected chi connectivity index (χ3v) is 5.84. The van der Waals surface area contributed by atoms with E-state index in [0.717, 1.165) is 24.2 Å². The molecule has 3 heterocycles. The summed E-state index contributed by atoms with van der Waals surface area (Å²) in [4.78, 5) is 28.9. The van der Waals surface area contributed by atoms with Crippen molar-refractivity contribution < 1.29 is 9.59 Å². The van der Waals surface area contributed by atoms with Gasteiger partial charge in [-0.15, -0.1) is 0 Å². The van der Waals surface area contributed by atoms with E-state index in [4.69, 9.17) is 0 Å². The number of carbonyl (C=O) groups is 2. The van der Waals surface area contributed by atoms with Gasteiger partial charge in [0.25, 0.3) is 5.91 Å². The number of amides is 2. The second kappa shape index (κ2) is 5.74. The average molecular weight is 340 g/mol. The highest BCUT2D eigenvalue weighted by molar-refractivity contribution is 7.08. The first-order valence-corrected chi connectivity index (χ1v) is 9.19. The van der Waals surface area contributed by atoms with E-state index < -0.39 is 0 Å². The number of rotatable bonds is 2. The van der Waals surface area contributed by atoms with Crippen molar-refractivity contribution in [1.29, 1.82) is 0 Å². The molecular formula is C19H20N2O2S. The topological polar surface area (TPSA) is 40.6 Å². The summed E-state index contributed by atoms with van der Waals surface area (Å²) in [6, 6.07) is 9.96. The Balaban J connectivity index is 1.50. The normalized spacial score (nSPS) is 23.5. The molecular weight excluding hydrogens is 320 g/mol. The minimum absolute atomic E-state index is 0.0896. The fourth-order valence-corrected chi connectivity index (χ4v) is 4.44. The number of nitrogens with zero attached hydrogens (tertiary/aromatic N) is 2. The molecule has 2 fully saturated rings. The summed E-state index contributed by atoms with van der Waals surface area (Å²) in [5, 5.41) is 3.82. The molecule has 4 rings (SSSR count). The van der Waals surface area contributed by atoms with Crippen molar-refractivity contribution in [2.45, 2.75) is 19.8 Å². The lowest BCUT2D eigenvalue weighted by molar-refractivity contribution is -0.117. The summed E-state index contributed by atoms with van der Waals surface area (Å²) in [5.41, 5.74) is 2.82. The number of hydrogen-bond donors (Lipinski definition) is 0. The van der Waals surface area contributed by atoms with E-state index in [1.807, 2.05) is 57.8 Å². The Kier molecular flexibility index (Phi) is 3.68. The van der Waals surface area contributed by atoms with Gasteiger partial charge in [0, 0.05) is 42.5 Å². The largest absolute Gasteiger partial charge is 0.338 e. The van der Waals surface area contributed by atoms with Crippen molar-refractivity contribution in [2.24, 2.45) is 5.41 Å². The maximum Gasteiger partial charge on any atom is 0.254 e. The lowest BCUT2D eigenvalue weighted by Gasteiger charge is -2.24. The highest BCUT2D eigenvalue weighted by Gasteiger charge is 2.48. The van der Waals surface area contributed by atoms with Gasteiger partial charge in [0.1, 0.15) is 0 Å². The zero-order chi connectivity index (χ0) is 16.7. The molecule has 1 spiro atoms. The van der Waals surface area contributed by atoms with Crippen molar-refractivity contribution in [3.63, 3.8) is 0 Å². The Hall–Kier alpha value is -2.14. The highest BCUT2D eigenvalue weighted by atomic mass is 32.1. The fourth-order valence-electron chi connectivity index (χ4n) is 3.81. The summed E-state index contributed by atoms with van der Waals surface area (Å²) in [7, 11) is 0. The summed E-state index contributed by atoms with van der Waals surface area (Å²) >= 11 is 1.54. The van der Waals surface area contributed by atoms with Crippen molar-refractivity contribution in [1.82, 2.24) is 4.90 Å². The Labute approximate surface area is 145 Å². The third-order valence-electron chi connectivity index (χ3n) is 5.16. The van der Waals surface area contributed by atoms with Crippen LogP contribution in [0.15, 0.2) is 41.1 Å². The van der Waals surface area contributed by atoms with Crippen molar-refractivity contribution in [3.05, 3.63) is 52.2 Å². The van der Waals surface area contributed by atoms with E-state index in [1.54, 1.807) is 0 Å². The average Bonchev–Trinajstić information content (AvgIpc) is 3.29. The lowest BCUT2D eigenvalue weighted by Crippen LogP contribution is -2.34. The van der Waals surface area contributed by atoms with Crippen LogP contribution < -0.4 is 4.90 Å². The first-order valence-electron chi connectivity index (χ1n) is 8.25. The molecule has 2 aliphatic rings. The summed E-state index contributed by atoms with van der Waals surface area (Å²) < 4.78 is 0. The van der Waals surface area contributed by atoms with Crippen LogP contribution in [0.3, 0.4) is 0 Å². The quantitative estimate of drug-likeness (QED) is 0.841. The Bertz CT molecular complexity index is 769. The van der Waals surface area contributed by atoms with Gasteiger partial charge in [0.15, 0.2) is 0 Å². The molecule has 2 aromatic rings. The monoisotopic (exact) mass is 340 g/mol. The second-order valence-electron chi connectivity index (χ2n) is 6.98. The highest BCUT2D eigenvalue weighted by Crippen LogP contribution is 2.42. The molecule has 0 unspecified atom stereocenters. The lowest BCUT2D eigenvalue weighted by atomic mass is 9.86. The number of benzene rings is 1. The molecule has 2 aliphatic heterocycles. The van der Waals surface area contributed by atoms with E-state index in [1.165, 1.54) is 16.9 Å². The number of aryl methyl sites for hydroxylation is 1. The van der Waals surface area contributed by atoms with E-state index in [9.17, 15) is 9.59 Å². The van der Waals surface area contributed by atoms with Crippen LogP contribution in [0.2, 0.25) is 0 Å². The van der Waals surface area contributed by atoms with Gasteiger partial charge < -0.3 is 9.80 Å². The van der Waals surface area contributed by atoms with Gasteiger partial charge in [-0.3, -0.25) is 9.59 Å². The first kappa shape index (κ1) is 15.4. The van der Waals surface area contributed by atoms with E-state index in [0.29, 0.717) is 19.5 Å². The van der Waals surface area contributed by atoms with Crippen LogP contribution in [0.4, 0.5) is 5.69 Å². The molecule has 124 valence electrons. The Morgan fingerprint density at radius 1 is 1.17 bits per heavy atom.